The summed E-state index contributed by atoms with van der Waals surface area (Å²) in [6.07, 6.45) is 0. The molecule has 192 valence electrons. The molecule has 0 spiro atoms. The first kappa shape index (κ1) is 23.5. The number of hydrogen-bond acceptors (Lipinski definition) is 2. The molecule has 0 fully saturated rings. The van der Waals surface area contributed by atoms with Crippen molar-refractivity contribution in [3.8, 4) is 11.8 Å². The molecule has 8 rings (SSSR count). The van der Waals surface area contributed by atoms with Gasteiger partial charge in [0, 0.05) is 16.5 Å². The highest BCUT2D eigenvalue weighted by atomic mass is 15.0. The average molecular weight is 524 g/mol. The van der Waals surface area contributed by atoms with E-state index in [1.165, 1.54) is 43.1 Å². The van der Waals surface area contributed by atoms with E-state index in [9.17, 15) is 5.26 Å². The lowest BCUT2D eigenvalue weighted by Crippen LogP contribution is -2.13. The monoisotopic (exact) mass is 523 g/mol. The molecule has 8 aromatic rings. The number of rotatable bonds is 3. The molecule has 1 unspecified atom stereocenters. The molecule has 41 heavy (non-hydrogen) atoms. The molecule has 0 saturated carbocycles. The summed E-state index contributed by atoms with van der Waals surface area (Å²) in [5, 5.41) is 19.7. The predicted octanol–water partition coefficient (Wildman–Crippen LogP) is 9.16. The molecule has 0 radical (unpaired) electrons. The van der Waals surface area contributed by atoms with Crippen LogP contribution in [0.3, 0.4) is 0 Å². The van der Waals surface area contributed by atoms with Gasteiger partial charge in [0.05, 0.1) is 28.7 Å². The van der Waals surface area contributed by atoms with Crippen molar-refractivity contribution < 1.29 is 0 Å². The third kappa shape index (κ3) is 3.55. The van der Waals surface area contributed by atoms with Crippen molar-refractivity contribution >= 4 is 54.1 Å². The first-order chi connectivity index (χ1) is 20.2. The second-order valence-corrected chi connectivity index (χ2v) is 10.7. The fourth-order valence-corrected chi connectivity index (χ4v) is 6.52. The van der Waals surface area contributed by atoms with Crippen molar-refractivity contribution in [3.05, 3.63) is 150 Å². The Hall–Kier alpha value is -5.43. The van der Waals surface area contributed by atoms with Gasteiger partial charge in [-0.05, 0) is 79.8 Å². The summed E-state index contributed by atoms with van der Waals surface area (Å²) in [6, 6.07) is 48.5. The van der Waals surface area contributed by atoms with Gasteiger partial charge >= 0.3 is 0 Å². The second-order valence-electron chi connectivity index (χ2n) is 10.7. The third-order valence-corrected chi connectivity index (χ3v) is 8.39. The van der Waals surface area contributed by atoms with Gasteiger partial charge in [-0.3, -0.25) is 0 Å². The number of aromatic nitrogens is 1. The van der Waals surface area contributed by atoms with Crippen molar-refractivity contribution in [3.63, 3.8) is 0 Å². The molecule has 0 aliphatic heterocycles. The number of nitrogens with zero attached hydrogens (tertiary/aromatic N) is 2. The maximum Gasteiger partial charge on any atom is 0.0992 e. The fourth-order valence-electron chi connectivity index (χ4n) is 6.52. The normalized spacial score (nSPS) is 12.4. The first-order valence-electron chi connectivity index (χ1n) is 13.8. The minimum Gasteiger partial charge on any atom is -0.320 e. The summed E-state index contributed by atoms with van der Waals surface area (Å²) >= 11 is 0. The van der Waals surface area contributed by atoms with E-state index in [4.69, 9.17) is 5.73 Å². The molecule has 0 bridgehead atoms. The van der Waals surface area contributed by atoms with Gasteiger partial charge in [-0.1, -0.05) is 97.1 Å². The van der Waals surface area contributed by atoms with E-state index in [2.05, 4.69) is 132 Å². The number of nitrogens with two attached hydrogens (primary N) is 1. The summed E-state index contributed by atoms with van der Waals surface area (Å²) in [6.45, 7) is 0. The number of para-hydroxylation sites is 2. The summed E-state index contributed by atoms with van der Waals surface area (Å²) < 4.78 is 2.24. The standard InChI is InChI=1S/C38H25N3/c39-23-24-19-26(21-27(20-24)41-36-15-7-5-13-33(36)34-14-6-8-16-37(34)41)38(40)25-17-18-32-30-11-2-1-9-28(30)29-10-3-4-12-31(29)35(32)22-25/h1-22,38H,40H2. The van der Waals surface area contributed by atoms with E-state index >= 15 is 0 Å². The smallest absolute Gasteiger partial charge is 0.0992 e. The van der Waals surface area contributed by atoms with Gasteiger partial charge < -0.3 is 10.3 Å². The van der Waals surface area contributed by atoms with Crippen LogP contribution in [0.15, 0.2) is 133 Å². The highest BCUT2D eigenvalue weighted by molar-refractivity contribution is 6.25. The molecule has 2 N–H and O–H groups in total. The molecule has 0 aliphatic rings. The quantitative estimate of drug-likeness (QED) is 0.235. The summed E-state index contributed by atoms with van der Waals surface area (Å²) in [7, 11) is 0. The number of fused-ring (bicyclic) bond motifs is 9. The lowest BCUT2D eigenvalue weighted by molar-refractivity contribution is 0.870. The van der Waals surface area contributed by atoms with Crippen LogP contribution in [0.25, 0.3) is 59.8 Å². The molecule has 1 aromatic heterocycles. The van der Waals surface area contributed by atoms with Gasteiger partial charge in [0.15, 0.2) is 0 Å². The van der Waals surface area contributed by atoms with E-state index in [1.807, 2.05) is 12.1 Å². The van der Waals surface area contributed by atoms with E-state index in [1.54, 1.807) is 0 Å². The first-order valence-corrected chi connectivity index (χ1v) is 13.8. The summed E-state index contributed by atoms with van der Waals surface area (Å²) in [5.74, 6) is 0. The molecule has 0 aliphatic carbocycles. The van der Waals surface area contributed by atoms with Crippen LogP contribution in [0.4, 0.5) is 0 Å². The van der Waals surface area contributed by atoms with Crippen molar-refractivity contribution in [2.45, 2.75) is 6.04 Å². The second kappa shape index (κ2) is 9.06. The van der Waals surface area contributed by atoms with Crippen LogP contribution in [0.1, 0.15) is 22.7 Å². The van der Waals surface area contributed by atoms with Crippen LogP contribution >= 0.6 is 0 Å². The minimum atomic E-state index is -0.398. The van der Waals surface area contributed by atoms with Crippen LogP contribution in [0.5, 0.6) is 0 Å². The van der Waals surface area contributed by atoms with Gasteiger partial charge in [-0.15, -0.1) is 0 Å². The Bertz CT molecular complexity index is 2260. The minimum absolute atomic E-state index is 0.398. The largest absolute Gasteiger partial charge is 0.320 e. The summed E-state index contributed by atoms with van der Waals surface area (Å²) in [5.41, 5.74) is 12.7. The lowest BCUT2D eigenvalue weighted by atomic mass is 9.90. The highest BCUT2D eigenvalue weighted by Gasteiger charge is 2.17. The number of hydrogen-bond donors (Lipinski definition) is 1. The Morgan fingerprint density at radius 3 is 1.54 bits per heavy atom. The Morgan fingerprint density at radius 2 is 0.976 bits per heavy atom. The van der Waals surface area contributed by atoms with Crippen molar-refractivity contribution in [1.82, 2.24) is 4.57 Å². The Labute approximate surface area is 237 Å². The molecule has 3 nitrogen and oxygen atoms in total. The molecule has 1 heterocycles. The maximum atomic E-state index is 10.0. The van der Waals surface area contributed by atoms with Gasteiger partial charge in [0.1, 0.15) is 0 Å². The van der Waals surface area contributed by atoms with Crippen LogP contribution in [-0.2, 0) is 0 Å². The van der Waals surface area contributed by atoms with Crippen molar-refractivity contribution in [1.29, 1.82) is 5.26 Å². The van der Waals surface area contributed by atoms with Crippen LogP contribution < -0.4 is 5.73 Å². The molecule has 1 atom stereocenters. The van der Waals surface area contributed by atoms with E-state index in [0.29, 0.717) is 5.56 Å². The summed E-state index contributed by atoms with van der Waals surface area (Å²) in [4.78, 5) is 0. The van der Waals surface area contributed by atoms with Gasteiger partial charge in [0.25, 0.3) is 0 Å². The Kier molecular flexibility index (Phi) is 5.18. The van der Waals surface area contributed by atoms with Gasteiger partial charge in [0.2, 0.25) is 0 Å². The zero-order chi connectivity index (χ0) is 27.5. The lowest BCUT2D eigenvalue weighted by Gasteiger charge is -2.18. The molecular formula is C38H25N3. The molecule has 7 aromatic carbocycles. The number of benzene rings is 7. The number of nitriles is 1. The van der Waals surface area contributed by atoms with Crippen molar-refractivity contribution in [2.75, 3.05) is 0 Å². The highest BCUT2D eigenvalue weighted by Crippen LogP contribution is 2.37. The average Bonchev–Trinajstić information content (AvgIpc) is 3.38. The zero-order valence-electron chi connectivity index (χ0n) is 22.3. The van der Waals surface area contributed by atoms with E-state index in [0.717, 1.165) is 27.8 Å². The van der Waals surface area contributed by atoms with Gasteiger partial charge in [-0.2, -0.15) is 5.26 Å². The van der Waals surface area contributed by atoms with Crippen LogP contribution in [-0.4, -0.2) is 4.57 Å². The molecule has 0 saturated heterocycles. The SMILES string of the molecule is N#Cc1cc(C(N)c2ccc3c4ccccc4c4ccccc4c3c2)cc(-n2c3ccccc3c3ccccc32)c1. The Balaban J connectivity index is 1.34. The molecule has 3 heteroatoms. The molecular weight excluding hydrogens is 498 g/mol. The molecule has 0 amide bonds. The third-order valence-electron chi connectivity index (χ3n) is 8.39. The Morgan fingerprint density at radius 1 is 0.488 bits per heavy atom. The van der Waals surface area contributed by atoms with Crippen LogP contribution in [0.2, 0.25) is 0 Å². The van der Waals surface area contributed by atoms with Gasteiger partial charge in [-0.25, -0.2) is 0 Å². The van der Waals surface area contributed by atoms with Crippen LogP contribution in [0, 0.1) is 11.3 Å². The fraction of sp³-hybridized carbons (Fsp3) is 0.0263. The van der Waals surface area contributed by atoms with Crippen molar-refractivity contribution in [2.24, 2.45) is 5.73 Å². The van der Waals surface area contributed by atoms with E-state index in [-0.39, 0.29) is 0 Å². The zero-order valence-corrected chi connectivity index (χ0v) is 22.3. The predicted molar refractivity (Wildman–Crippen MR) is 170 cm³/mol. The topological polar surface area (TPSA) is 54.7 Å². The maximum absolute atomic E-state index is 10.0. The van der Waals surface area contributed by atoms with E-state index < -0.39 is 6.04 Å².